The lowest BCUT2D eigenvalue weighted by molar-refractivity contribution is 1.17. The van der Waals surface area contributed by atoms with Crippen molar-refractivity contribution < 1.29 is 0 Å². The second-order valence-electron chi connectivity index (χ2n) is 27.6. The molecule has 0 aliphatic heterocycles. The first kappa shape index (κ1) is 63.1. The molecular weight excluding hydrogens is 1280 g/mol. The van der Waals surface area contributed by atoms with E-state index in [1.165, 1.54) is 142 Å². The molecule has 0 atom stereocenters. The summed E-state index contributed by atoms with van der Waals surface area (Å²) >= 11 is 0. The van der Waals surface area contributed by atoms with Crippen molar-refractivity contribution in [1.29, 1.82) is 0 Å². The zero-order valence-corrected chi connectivity index (χ0v) is 58.9. The first-order valence-electron chi connectivity index (χ1n) is 36.6. The summed E-state index contributed by atoms with van der Waals surface area (Å²) in [4.78, 5) is 4.74. The number of aryl methyl sites for hydroxylation is 2. The van der Waals surface area contributed by atoms with E-state index in [1.54, 1.807) is 0 Å². The number of aromatic nitrogens is 2. The SMILES string of the molecule is Cc1ccc2c(-c3cccc(N(c4ccccc4)c4ccc(-n5c6ccccc6c6ccccc65)cc4)c3)c3ccccc3c(-c3ccccc3)c2c1.Cc1ccc2c(-c3ccccc3)c3ccccc3c(-c3cccc(N(c4ccccc4)c4ccc(-n5c6ccccc6c6ccccc65)cc4)c3)c2c1. The Hall–Kier alpha value is -13.8. The normalized spacial score (nSPS) is 11.5. The van der Waals surface area contributed by atoms with Crippen molar-refractivity contribution in [3.8, 4) is 55.9 Å². The Morgan fingerprint density at radius 3 is 0.764 bits per heavy atom. The van der Waals surface area contributed by atoms with Crippen LogP contribution in [0.1, 0.15) is 11.1 Å². The minimum atomic E-state index is 1.10. The van der Waals surface area contributed by atoms with E-state index >= 15 is 0 Å². The van der Waals surface area contributed by atoms with Gasteiger partial charge in [-0.2, -0.15) is 0 Å². The van der Waals surface area contributed by atoms with Crippen LogP contribution in [0.5, 0.6) is 0 Å². The van der Waals surface area contributed by atoms with Crippen LogP contribution in [-0.2, 0) is 0 Å². The maximum absolute atomic E-state index is 2.37. The standard InChI is InChI=1S/2C51H36N2/c1-35-27-32-46-47(33-35)50(36-15-4-2-5-16-36)44-23-8-9-24-45(44)51(46)37-17-14-20-41(34-37)52(38-18-6-3-7-19-38)39-28-30-40(31-29-39)53-48-25-12-10-21-42(48)43-22-11-13-26-49(43)53;1-35-27-32-46-47(33-35)51(45-24-9-8-23-44(45)50(46)36-15-4-2-5-16-36)37-17-14-20-41(34-37)52(38-18-6-3-7-19-38)39-28-30-40(31-29-39)53-48-25-12-10-21-42(48)43-22-11-13-26-49(43)53/h2*2-34H,1H3. The fourth-order valence-corrected chi connectivity index (χ4v) is 16.6. The molecular formula is C102H72N4. The number of anilines is 6. The maximum Gasteiger partial charge on any atom is 0.0541 e. The number of para-hydroxylation sites is 6. The smallest absolute Gasteiger partial charge is 0.0541 e. The Balaban J connectivity index is 0.000000145. The van der Waals surface area contributed by atoms with Crippen LogP contribution in [0.2, 0.25) is 0 Å². The second kappa shape index (κ2) is 26.9. The third kappa shape index (κ3) is 11.1. The van der Waals surface area contributed by atoms with Gasteiger partial charge in [-0.3, -0.25) is 0 Å². The molecule has 0 fully saturated rings. The van der Waals surface area contributed by atoms with Crippen molar-refractivity contribution in [1.82, 2.24) is 9.13 Å². The molecule has 0 amide bonds. The molecule has 0 spiro atoms. The summed E-state index contributed by atoms with van der Waals surface area (Å²) in [6.07, 6.45) is 0. The van der Waals surface area contributed by atoms with Gasteiger partial charge in [0.05, 0.1) is 22.1 Å². The Morgan fingerprint density at radius 1 is 0.170 bits per heavy atom. The largest absolute Gasteiger partial charge is 0.310 e. The van der Waals surface area contributed by atoms with Crippen LogP contribution in [0.25, 0.3) is 143 Å². The summed E-state index contributed by atoms with van der Waals surface area (Å²) in [5.41, 5.74) is 26.2. The lowest BCUT2D eigenvalue weighted by atomic mass is 9.85. The third-order valence-corrected chi connectivity index (χ3v) is 21.2. The van der Waals surface area contributed by atoms with Gasteiger partial charge in [0.15, 0.2) is 0 Å². The third-order valence-electron chi connectivity index (χ3n) is 21.2. The van der Waals surface area contributed by atoms with Gasteiger partial charge in [0.25, 0.3) is 0 Å². The molecule has 500 valence electrons. The van der Waals surface area contributed by atoms with Crippen LogP contribution in [0.4, 0.5) is 34.1 Å². The Labute approximate surface area is 617 Å². The highest BCUT2D eigenvalue weighted by molar-refractivity contribution is 6.23. The van der Waals surface area contributed by atoms with E-state index in [0.717, 1.165) is 45.5 Å². The summed E-state index contributed by atoms with van der Waals surface area (Å²) < 4.78 is 4.75. The van der Waals surface area contributed by atoms with Crippen molar-refractivity contribution in [3.05, 3.63) is 412 Å². The Kier molecular flexibility index (Phi) is 16.0. The van der Waals surface area contributed by atoms with Crippen LogP contribution < -0.4 is 9.80 Å². The molecule has 0 aliphatic rings. The molecule has 0 bridgehead atoms. The van der Waals surface area contributed by atoms with Crippen molar-refractivity contribution >= 4 is 121 Å². The molecule has 0 aliphatic carbocycles. The summed E-state index contributed by atoms with van der Waals surface area (Å²) in [5.74, 6) is 0. The van der Waals surface area contributed by atoms with Crippen molar-refractivity contribution in [2.24, 2.45) is 0 Å². The number of fused-ring (bicyclic) bond motifs is 10. The fraction of sp³-hybridized carbons (Fsp3) is 0.0196. The molecule has 4 nitrogen and oxygen atoms in total. The van der Waals surface area contributed by atoms with E-state index in [2.05, 4.69) is 433 Å². The van der Waals surface area contributed by atoms with Gasteiger partial charge < -0.3 is 18.9 Å². The predicted molar refractivity (Wildman–Crippen MR) is 452 cm³/mol. The van der Waals surface area contributed by atoms with E-state index in [9.17, 15) is 0 Å². The quantitative estimate of drug-likeness (QED) is 0.113. The lowest BCUT2D eigenvalue weighted by Crippen LogP contribution is -2.10. The highest BCUT2D eigenvalue weighted by atomic mass is 15.1. The zero-order chi connectivity index (χ0) is 70.6. The molecule has 0 saturated heterocycles. The topological polar surface area (TPSA) is 16.3 Å². The molecule has 2 aromatic heterocycles. The molecule has 106 heavy (non-hydrogen) atoms. The molecule has 20 rings (SSSR count). The first-order valence-corrected chi connectivity index (χ1v) is 36.6. The Bertz CT molecular complexity index is 6590. The van der Waals surface area contributed by atoms with Gasteiger partial charge in [-0.15, -0.1) is 0 Å². The molecule has 0 unspecified atom stereocenters. The first-order chi connectivity index (χ1) is 52.5. The second-order valence-corrected chi connectivity index (χ2v) is 27.6. The van der Waals surface area contributed by atoms with Crippen molar-refractivity contribution in [2.45, 2.75) is 13.8 Å². The number of benzene rings is 18. The highest BCUT2D eigenvalue weighted by Gasteiger charge is 2.23. The van der Waals surface area contributed by atoms with Gasteiger partial charge in [-0.1, -0.05) is 290 Å². The zero-order valence-electron chi connectivity index (χ0n) is 58.9. The summed E-state index contributed by atoms with van der Waals surface area (Å²) in [7, 11) is 0. The molecule has 20 aromatic rings. The monoisotopic (exact) mass is 1350 g/mol. The van der Waals surface area contributed by atoms with Crippen LogP contribution in [0, 0.1) is 13.8 Å². The fourth-order valence-electron chi connectivity index (χ4n) is 16.6. The molecule has 0 N–H and O–H groups in total. The Morgan fingerprint density at radius 2 is 0.415 bits per heavy atom. The van der Waals surface area contributed by atoms with Crippen LogP contribution in [0.3, 0.4) is 0 Å². The predicted octanol–water partition coefficient (Wildman–Crippen LogP) is 28.4. The van der Waals surface area contributed by atoms with Crippen molar-refractivity contribution in [2.75, 3.05) is 9.80 Å². The van der Waals surface area contributed by atoms with Crippen LogP contribution in [0.15, 0.2) is 400 Å². The number of hydrogen-bond acceptors (Lipinski definition) is 2. The van der Waals surface area contributed by atoms with Gasteiger partial charge in [0.1, 0.15) is 0 Å². The van der Waals surface area contributed by atoms with E-state index in [1.807, 2.05) is 0 Å². The van der Waals surface area contributed by atoms with Crippen LogP contribution in [-0.4, -0.2) is 9.13 Å². The molecule has 18 aromatic carbocycles. The van der Waals surface area contributed by atoms with E-state index < -0.39 is 0 Å². The average Bonchev–Trinajstić information content (AvgIpc) is 1.24. The van der Waals surface area contributed by atoms with Gasteiger partial charge in [-0.05, 0) is 223 Å². The minimum Gasteiger partial charge on any atom is -0.310 e. The van der Waals surface area contributed by atoms with Gasteiger partial charge in [-0.25, -0.2) is 0 Å². The molecule has 0 radical (unpaired) electrons. The minimum absolute atomic E-state index is 1.10. The van der Waals surface area contributed by atoms with E-state index in [4.69, 9.17) is 0 Å². The summed E-state index contributed by atoms with van der Waals surface area (Å²) in [6.45, 7) is 4.38. The average molecular weight is 1350 g/mol. The number of nitrogens with zero attached hydrogens (tertiary/aromatic N) is 4. The summed E-state index contributed by atoms with van der Waals surface area (Å²) in [6, 6.07) is 145. The van der Waals surface area contributed by atoms with Gasteiger partial charge in [0.2, 0.25) is 0 Å². The van der Waals surface area contributed by atoms with Crippen LogP contribution >= 0.6 is 0 Å². The lowest BCUT2D eigenvalue weighted by Gasteiger charge is -2.26. The molecule has 0 saturated carbocycles. The molecule has 2 heterocycles. The van der Waals surface area contributed by atoms with Gasteiger partial charge >= 0.3 is 0 Å². The van der Waals surface area contributed by atoms with E-state index in [0.29, 0.717) is 0 Å². The summed E-state index contributed by atoms with van der Waals surface area (Å²) in [5, 5.41) is 15.2. The van der Waals surface area contributed by atoms with Gasteiger partial charge in [0, 0.05) is 67.0 Å². The van der Waals surface area contributed by atoms with Crippen molar-refractivity contribution in [3.63, 3.8) is 0 Å². The van der Waals surface area contributed by atoms with E-state index in [-0.39, 0.29) is 0 Å². The highest BCUT2D eigenvalue weighted by Crippen LogP contribution is 2.49. The maximum atomic E-state index is 2.37. The molecule has 4 heteroatoms. The number of hydrogen-bond donors (Lipinski definition) is 0. The number of rotatable bonds is 12.